The van der Waals surface area contributed by atoms with Gasteiger partial charge in [-0.15, -0.1) is 0 Å². The third-order valence-corrected chi connectivity index (χ3v) is 2.20. The molecule has 0 aromatic heterocycles. The van der Waals surface area contributed by atoms with Gasteiger partial charge in [0.25, 0.3) is 0 Å². The number of carbonyl (C=O) groups is 1. The van der Waals surface area contributed by atoms with Crippen molar-refractivity contribution in [2.45, 2.75) is 34.1 Å². The van der Waals surface area contributed by atoms with Crippen molar-refractivity contribution in [2.24, 2.45) is 5.92 Å². The third kappa shape index (κ3) is 11.6. The van der Waals surface area contributed by atoms with Crippen LogP contribution in [0.1, 0.15) is 38.8 Å². The van der Waals surface area contributed by atoms with Crippen LogP contribution in [0.2, 0.25) is 0 Å². The van der Waals surface area contributed by atoms with Crippen LogP contribution in [-0.2, 0) is 11.2 Å². The van der Waals surface area contributed by atoms with E-state index >= 15 is 0 Å². The van der Waals surface area contributed by atoms with Crippen molar-refractivity contribution in [3.63, 3.8) is 0 Å². The van der Waals surface area contributed by atoms with Gasteiger partial charge in [0.2, 0.25) is 0 Å². The van der Waals surface area contributed by atoms with Gasteiger partial charge in [-0.1, -0.05) is 51.7 Å². The topological polar surface area (TPSA) is 29.1 Å². The predicted molar refractivity (Wildman–Crippen MR) is 81.6 cm³/mol. The Morgan fingerprint density at radius 1 is 1.25 bits per heavy atom. The molecule has 0 saturated heterocycles. The van der Waals surface area contributed by atoms with Crippen molar-refractivity contribution in [2.75, 3.05) is 6.54 Å². The van der Waals surface area contributed by atoms with E-state index in [-0.39, 0.29) is 57.3 Å². The molecule has 1 rings (SSSR count). The molecule has 0 unspecified atom stereocenters. The summed E-state index contributed by atoms with van der Waals surface area (Å²) in [4.78, 5) is 10.5. The number of rotatable bonds is 3. The first-order chi connectivity index (χ1) is 9.08. The first kappa shape index (κ1) is 22.0. The first-order valence-corrected chi connectivity index (χ1v) is 6.75. The van der Waals surface area contributed by atoms with Crippen LogP contribution in [-0.4, -0.2) is 12.5 Å². The summed E-state index contributed by atoms with van der Waals surface area (Å²) in [5.74, 6) is 6.23. The Balaban J connectivity index is 0. The van der Waals surface area contributed by atoms with Crippen LogP contribution in [0.5, 0.6) is 0 Å². The van der Waals surface area contributed by atoms with E-state index in [4.69, 9.17) is 0 Å². The van der Waals surface area contributed by atoms with Crippen LogP contribution in [0, 0.1) is 24.7 Å². The molecule has 0 fully saturated rings. The molecule has 1 aromatic carbocycles. The molecule has 0 bridgehead atoms. The summed E-state index contributed by atoms with van der Waals surface area (Å²) in [6, 6.07) is 8.22. The smallest absolute Gasteiger partial charge is 0.370 e. The van der Waals surface area contributed by atoms with E-state index in [0.717, 1.165) is 12.0 Å². The molecule has 0 atom stereocenters. The zero-order valence-corrected chi connectivity index (χ0v) is 16.5. The number of carbonyl (C=O) groups excluding carboxylic acids is 1. The van der Waals surface area contributed by atoms with Gasteiger partial charge in [-0.05, 0) is 30.0 Å². The van der Waals surface area contributed by atoms with Crippen LogP contribution in [0.4, 0.5) is 0 Å². The summed E-state index contributed by atoms with van der Waals surface area (Å²) in [7, 11) is 0. The Morgan fingerprint density at radius 2 is 1.80 bits per heavy atom. The van der Waals surface area contributed by atoms with Gasteiger partial charge >= 0.3 is 51.4 Å². The third-order valence-electron chi connectivity index (χ3n) is 2.20. The molecule has 0 aliphatic heterocycles. The summed E-state index contributed by atoms with van der Waals surface area (Å²) in [5.41, 5.74) is 2.30. The van der Waals surface area contributed by atoms with Gasteiger partial charge in [-0.2, -0.15) is 0 Å². The second-order valence-electron chi connectivity index (χ2n) is 4.37. The average molecular weight is 297 g/mol. The van der Waals surface area contributed by atoms with Crippen molar-refractivity contribution < 1.29 is 56.2 Å². The number of hydrogen-bond acceptors (Lipinski definition) is 1. The molecule has 20 heavy (non-hydrogen) atoms. The molecule has 0 aliphatic rings. The summed E-state index contributed by atoms with van der Waals surface area (Å²) >= 11 is 0. The molecular weight excluding hydrogens is 273 g/mol. The fourth-order valence-electron chi connectivity index (χ4n) is 1.48. The minimum atomic E-state index is -0.299. The van der Waals surface area contributed by atoms with Crippen LogP contribution >= 0.6 is 0 Å². The summed E-state index contributed by atoms with van der Waals surface area (Å²) in [6.45, 7) is 12.0. The van der Waals surface area contributed by atoms with Gasteiger partial charge in [0, 0.05) is 5.56 Å². The van der Waals surface area contributed by atoms with Gasteiger partial charge in [0.05, 0.1) is 12.5 Å². The minimum absolute atomic E-state index is 0. The Morgan fingerprint density at radius 3 is 2.25 bits per heavy atom. The van der Waals surface area contributed by atoms with Crippen LogP contribution in [0.15, 0.2) is 24.3 Å². The van der Waals surface area contributed by atoms with Gasteiger partial charge in [0.1, 0.15) is 0 Å². The molecule has 0 saturated carbocycles. The second-order valence-corrected chi connectivity index (χ2v) is 4.37. The maximum Gasteiger partial charge on any atom is 1.00 e. The van der Waals surface area contributed by atoms with Gasteiger partial charge in [-0.25, -0.2) is 0 Å². The standard InChI is InChI=1S/C15H18NO.C2H6.K/c1-12(2)11-15-8-6-14(7-9-15)5-4-10-16-13(3)17;1-2;/h6-9,12H,3,10-11H2,1-2H3,(H,16,17);1-2H3;/q-1;;+1. The number of hydrogen-bond donors (Lipinski definition) is 1. The summed E-state index contributed by atoms with van der Waals surface area (Å²) in [6.07, 6.45) is 1.09. The first-order valence-electron chi connectivity index (χ1n) is 6.75. The fourth-order valence-corrected chi connectivity index (χ4v) is 1.48. The Kier molecular flexibility index (Phi) is 15.1. The monoisotopic (exact) mass is 297 g/mol. The largest absolute Gasteiger partial charge is 1.00 e. The molecule has 1 amide bonds. The van der Waals surface area contributed by atoms with Crippen molar-refractivity contribution in [1.29, 1.82) is 0 Å². The Bertz CT molecular complexity index is 427. The predicted octanol–water partition coefficient (Wildman–Crippen LogP) is 0.217. The number of nitrogens with one attached hydrogen (secondary N) is 1. The van der Waals surface area contributed by atoms with Crippen molar-refractivity contribution in [3.05, 3.63) is 42.3 Å². The molecule has 0 heterocycles. The van der Waals surface area contributed by atoms with Crippen LogP contribution in [0.3, 0.4) is 0 Å². The zero-order valence-electron chi connectivity index (χ0n) is 13.4. The van der Waals surface area contributed by atoms with Crippen molar-refractivity contribution >= 4 is 5.91 Å². The number of benzene rings is 1. The van der Waals surface area contributed by atoms with E-state index < -0.39 is 0 Å². The molecular formula is C17H24KNO. The molecule has 0 radical (unpaired) electrons. The molecule has 1 N–H and O–H groups in total. The fraction of sp³-hybridized carbons (Fsp3) is 0.412. The Labute approximate surface area is 166 Å². The van der Waals surface area contributed by atoms with E-state index in [9.17, 15) is 4.79 Å². The van der Waals surface area contributed by atoms with Crippen LogP contribution in [0.25, 0.3) is 0 Å². The van der Waals surface area contributed by atoms with Crippen molar-refractivity contribution in [3.8, 4) is 11.8 Å². The summed E-state index contributed by atoms with van der Waals surface area (Å²) < 4.78 is 0. The molecule has 1 aromatic rings. The van der Waals surface area contributed by atoms with E-state index in [1.54, 1.807) is 0 Å². The van der Waals surface area contributed by atoms with Crippen molar-refractivity contribution in [1.82, 2.24) is 5.32 Å². The van der Waals surface area contributed by atoms with Gasteiger partial charge in [-0.3, -0.25) is 0 Å². The second kappa shape index (κ2) is 13.7. The average Bonchev–Trinajstić information content (AvgIpc) is 2.38. The zero-order chi connectivity index (χ0) is 14.7. The minimum Gasteiger partial charge on any atom is -0.370 e. The van der Waals surface area contributed by atoms with Crippen LogP contribution < -0.4 is 56.7 Å². The molecule has 0 spiro atoms. The molecule has 3 heteroatoms. The maximum absolute atomic E-state index is 10.5. The summed E-state index contributed by atoms with van der Waals surface area (Å²) in [5, 5.41) is 2.53. The molecule has 0 aliphatic carbocycles. The normalized spacial score (nSPS) is 8.45. The van der Waals surface area contributed by atoms with E-state index in [2.05, 4.69) is 50.1 Å². The number of amides is 1. The van der Waals surface area contributed by atoms with Gasteiger partial charge in [0.15, 0.2) is 0 Å². The molecule has 2 nitrogen and oxygen atoms in total. The van der Waals surface area contributed by atoms with Gasteiger partial charge < -0.3 is 17.0 Å². The Hall–Kier alpha value is -0.244. The maximum atomic E-state index is 10.5. The quantitative estimate of drug-likeness (QED) is 0.483. The molecule has 104 valence electrons. The van der Waals surface area contributed by atoms with E-state index in [1.807, 2.05) is 26.0 Å². The SMILES string of the molecule is CC.[CH2-]C(=O)NCC#Cc1ccc(CC(C)C)cc1.[K+]. The van der Waals surface area contributed by atoms with E-state index in [1.165, 1.54) is 5.56 Å². The van der Waals surface area contributed by atoms with E-state index in [0.29, 0.717) is 12.5 Å².